The lowest BCUT2D eigenvalue weighted by Gasteiger charge is -2.24. The maximum absolute atomic E-state index is 5.48. The largest absolute Gasteiger partial charge is 0.478 e. The van der Waals surface area contributed by atoms with E-state index in [2.05, 4.69) is 29.7 Å². The van der Waals surface area contributed by atoms with Crippen LogP contribution >= 0.6 is 0 Å². The van der Waals surface area contributed by atoms with Crippen molar-refractivity contribution in [1.82, 2.24) is 19.9 Å². The van der Waals surface area contributed by atoms with Crippen molar-refractivity contribution >= 4 is 11.8 Å². The lowest BCUT2D eigenvalue weighted by molar-refractivity contribution is 0.326. The van der Waals surface area contributed by atoms with E-state index < -0.39 is 0 Å². The van der Waals surface area contributed by atoms with Crippen LogP contribution in [0.5, 0.6) is 5.88 Å². The second kappa shape index (κ2) is 7.42. The molecule has 0 aromatic carbocycles. The Balaban J connectivity index is 1.73. The van der Waals surface area contributed by atoms with Gasteiger partial charge in [-0.15, -0.1) is 0 Å². The van der Waals surface area contributed by atoms with Gasteiger partial charge in [-0.1, -0.05) is 0 Å². The van der Waals surface area contributed by atoms with Gasteiger partial charge in [0.05, 0.1) is 18.0 Å². The van der Waals surface area contributed by atoms with Gasteiger partial charge >= 0.3 is 0 Å². The highest BCUT2D eigenvalue weighted by molar-refractivity contribution is 5.44. The molecule has 1 fully saturated rings. The van der Waals surface area contributed by atoms with Crippen LogP contribution in [0.25, 0.3) is 0 Å². The molecule has 7 heteroatoms. The van der Waals surface area contributed by atoms with Crippen molar-refractivity contribution in [2.45, 2.75) is 27.2 Å². The summed E-state index contributed by atoms with van der Waals surface area (Å²) in [5.74, 6) is 2.35. The zero-order chi connectivity index (χ0) is 16.9. The Morgan fingerprint density at radius 3 is 2.67 bits per heavy atom. The molecule has 3 heterocycles. The second-order valence-corrected chi connectivity index (χ2v) is 5.88. The van der Waals surface area contributed by atoms with Gasteiger partial charge in [-0.2, -0.15) is 4.98 Å². The van der Waals surface area contributed by atoms with Crippen molar-refractivity contribution in [3.05, 3.63) is 29.8 Å². The maximum Gasteiger partial charge on any atom is 0.228 e. The minimum atomic E-state index is 0.607. The molecule has 0 spiro atoms. The van der Waals surface area contributed by atoms with Crippen LogP contribution in [0.3, 0.4) is 0 Å². The maximum atomic E-state index is 5.48. The highest BCUT2D eigenvalue weighted by Gasteiger charge is 2.20. The van der Waals surface area contributed by atoms with Crippen molar-refractivity contribution in [3.8, 4) is 5.88 Å². The van der Waals surface area contributed by atoms with Gasteiger partial charge in [-0.05, 0) is 27.2 Å². The summed E-state index contributed by atoms with van der Waals surface area (Å²) in [5.41, 5.74) is 1.92. The summed E-state index contributed by atoms with van der Waals surface area (Å²) < 4.78 is 5.48. The molecule has 0 radical (unpaired) electrons. The highest BCUT2D eigenvalue weighted by Crippen LogP contribution is 2.20. The number of aromatic nitrogens is 4. The van der Waals surface area contributed by atoms with E-state index in [1.165, 1.54) is 0 Å². The summed E-state index contributed by atoms with van der Waals surface area (Å²) >= 11 is 0. The molecule has 7 nitrogen and oxygen atoms in total. The third-order valence-electron chi connectivity index (χ3n) is 4.04. The topological polar surface area (TPSA) is 67.3 Å². The van der Waals surface area contributed by atoms with Gasteiger partial charge in [0.25, 0.3) is 0 Å². The van der Waals surface area contributed by atoms with E-state index in [0.29, 0.717) is 12.5 Å². The Morgan fingerprint density at radius 2 is 1.83 bits per heavy atom. The summed E-state index contributed by atoms with van der Waals surface area (Å²) in [6, 6.07) is 1.79. The standard InChI is InChI=1S/C17H24N6O/c1-4-24-15-6-7-18-17(21-15)23-9-5-8-22(10-11-23)16-14(3)19-12-13(2)20-16/h6-7,12H,4-5,8-11H2,1-3H3. The highest BCUT2D eigenvalue weighted by atomic mass is 16.5. The van der Waals surface area contributed by atoms with Crippen LogP contribution in [0.15, 0.2) is 18.5 Å². The molecule has 0 unspecified atom stereocenters. The van der Waals surface area contributed by atoms with Crippen molar-refractivity contribution in [3.63, 3.8) is 0 Å². The van der Waals surface area contributed by atoms with Crippen LogP contribution in [0.2, 0.25) is 0 Å². The van der Waals surface area contributed by atoms with Gasteiger partial charge in [-0.3, -0.25) is 4.98 Å². The van der Waals surface area contributed by atoms with Crippen molar-refractivity contribution in [2.75, 3.05) is 42.6 Å². The average molecular weight is 328 g/mol. The van der Waals surface area contributed by atoms with Crippen LogP contribution in [0.1, 0.15) is 24.7 Å². The SMILES string of the molecule is CCOc1ccnc(N2CCCN(c3nc(C)cnc3C)CC2)n1. The molecular formula is C17H24N6O. The first kappa shape index (κ1) is 16.4. The van der Waals surface area contributed by atoms with E-state index in [4.69, 9.17) is 4.74 Å². The lowest BCUT2D eigenvalue weighted by Crippen LogP contribution is -2.32. The molecule has 2 aromatic rings. The molecule has 0 N–H and O–H groups in total. The normalized spacial score (nSPS) is 15.3. The van der Waals surface area contributed by atoms with Crippen LogP contribution in [-0.4, -0.2) is 52.7 Å². The first-order chi connectivity index (χ1) is 11.7. The van der Waals surface area contributed by atoms with E-state index >= 15 is 0 Å². The molecule has 0 amide bonds. The molecule has 0 bridgehead atoms. The number of nitrogens with zero attached hydrogens (tertiary/aromatic N) is 6. The fourth-order valence-corrected chi connectivity index (χ4v) is 2.87. The average Bonchev–Trinajstić information content (AvgIpc) is 2.84. The third-order valence-corrected chi connectivity index (χ3v) is 4.04. The fraction of sp³-hybridized carbons (Fsp3) is 0.529. The zero-order valence-corrected chi connectivity index (χ0v) is 14.6. The van der Waals surface area contributed by atoms with Gasteiger partial charge in [0, 0.05) is 44.6 Å². The third kappa shape index (κ3) is 3.72. The van der Waals surface area contributed by atoms with Gasteiger partial charge in [0.15, 0.2) is 0 Å². The Kier molecular flexibility index (Phi) is 5.08. The Hall–Kier alpha value is -2.44. The molecule has 0 aliphatic carbocycles. The summed E-state index contributed by atoms with van der Waals surface area (Å²) in [7, 11) is 0. The molecule has 128 valence electrons. The summed E-state index contributed by atoms with van der Waals surface area (Å²) in [6.45, 7) is 10.2. The van der Waals surface area contributed by atoms with E-state index in [-0.39, 0.29) is 0 Å². The number of rotatable bonds is 4. The molecule has 24 heavy (non-hydrogen) atoms. The number of aryl methyl sites for hydroxylation is 2. The summed E-state index contributed by atoms with van der Waals surface area (Å²) in [6.07, 6.45) is 4.60. The number of ether oxygens (including phenoxy) is 1. The van der Waals surface area contributed by atoms with E-state index in [9.17, 15) is 0 Å². The van der Waals surface area contributed by atoms with Gasteiger partial charge in [0.2, 0.25) is 11.8 Å². The number of hydrogen-bond donors (Lipinski definition) is 0. The molecular weight excluding hydrogens is 304 g/mol. The first-order valence-corrected chi connectivity index (χ1v) is 8.43. The molecule has 3 rings (SSSR count). The molecule has 0 saturated carbocycles. The minimum absolute atomic E-state index is 0.607. The van der Waals surface area contributed by atoms with Gasteiger partial charge in [0.1, 0.15) is 5.82 Å². The van der Waals surface area contributed by atoms with E-state index in [1.807, 2.05) is 27.0 Å². The van der Waals surface area contributed by atoms with Crippen LogP contribution in [0, 0.1) is 13.8 Å². The van der Waals surface area contributed by atoms with Crippen molar-refractivity contribution in [2.24, 2.45) is 0 Å². The quantitative estimate of drug-likeness (QED) is 0.850. The van der Waals surface area contributed by atoms with Crippen LogP contribution in [0.4, 0.5) is 11.8 Å². The van der Waals surface area contributed by atoms with Crippen molar-refractivity contribution < 1.29 is 4.74 Å². The lowest BCUT2D eigenvalue weighted by atomic mass is 10.3. The zero-order valence-electron chi connectivity index (χ0n) is 14.6. The molecule has 1 aliphatic heterocycles. The van der Waals surface area contributed by atoms with Crippen LogP contribution in [-0.2, 0) is 0 Å². The van der Waals surface area contributed by atoms with E-state index in [1.54, 1.807) is 12.3 Å². The minimum Gasteiger partial charge on any atom is -0.478 e. The predicted molar refractivity (Wildman–Crippen MR) is 93.8 cm³/mol. The Labute approximate surface area is 142 Å². The Bertz CT molecular complexity index is 693. The van der Waals surface area contributed by atoms with Gasteiger partial charge in [-0.25, -0.2) is 9.97 Å². The molecule has 1 saturated heterocycles. The molecule has 1 aliphatic rings. The van der Waals surface area contributed by atoms with Crippen molar-refractivity contribution in [1.29, 1.82) is 0 Å². The monoisotopic (exact) mass is 328 g/mol. The number of anilines is 2. The molecule has 2 aromatic heterocycles. The smallest absolute Gasteiger partial charge is 0.228 e. The summed E-state index contributed by atoms with van der Waals surface area (Å²) in [4.78, 5) is 22.5. The van der Waals surface area contributed by atoms with Crippen LogP contribution < -0.4 is 14.5 Å². The second-order valence-electron chi connectivity index (χ2n) is 5.88. The molecule has 0 atom stereocenters. The van der Waals surface area contributed by atoms with E-state index in [0.717, 1.165) is 55.8 Å². The number of hydrogen-bond acceptors (Lipinski definition) is 7. The first-order valence-electron chi connectivity index (χ1n) is 8.43. The summed E-state index contributed by atoms with van der Waals surface area (Å²) in [5, 5.41) is 0. The van der Waals surface area contributed by atoms with Gasteiger partial charge < -0.3 is 14.5 Å². The Morgan fingerprint density at radius 1 is 1.04 bits per heavy atom. The fourth-order valence-electron chi connectivity index (χ4n) is 2.87. The predicted octanol–water partition coefficient (Wildman–Crippen LogP) is 2.00.